The molecule has 0 saturated heterocycles. The van der Waals surface area contributed by atoms with Gasteiger partial charge < -0.3 is 0 Å². The van der Waals surface area contributed by atoms with Crippen molar-refractivity contribution in [3.05, 3.63) is 106 Å². The molecule has 0 bridgehead atoms. The Morgan fingerprint density at radius 3 is 0.833 bits per heavy atom. The highest BCUT2D eigenvalue weighted by Gasteiger charge is 2.17. The molecule has 0 aromatic heterocycles. The summed E-state index contributed by atoms with van der Waals surface area (Å²) >= 11 is 0. The highest BCUT2D eigenvalue weighted by Crippen LogP contribution is 2.24. The van der Waals surface area contributed by atoms with Crippen molar-refractivity contribution in [1.82, 2.24) is 0 Å². The second-order valence-electron chi connectivity index (χ2n) is 9.89. The third-order valence-electron chi connectivity index (χ3n) is 5.44. The van der Waals surface area contributed by atoms with Gasteiger partial charge in [-0.2, -0.15) is 0 Å². The molecule has 3 aromatic rings. The standard InChI is InChI=1S/C28H30O2/c1-27(2,3)23-15-11-21(12-16-23)25(29)19-7-9-20(10-8-19)26(30)22-13-17-24(18-14-22)28(4,5)6/h7-18H,1-6H3. The van der Waals surface area contributed by atoms with Crippen molar-refractivity contribution in [2.45, 2.75) is 52.4 Å². The molecular weight excluding hydrogens is 368 g/mol. The zero-order valence-electron chi connectivity index (χ0n) is 18.7. The number of benzene rings is 3. The fourth-order valence-corrected chi connectivity index (χ4v) is 3.35. The van der Waals surface area contributed by atoms with Gasteiger partial charge in [0.05, 0.1) is 0 Å². The maximum absolute atomic E-state index is 12.8. The number of carbonyl (C=O) groups excluding carboxylic acids is 2. The molecular formula is C28H30O2. The van der Waals surface area contributed by atoms with Crippen LogP contribution in [0.3, 0.4) is 0 Å². The van der Waals surface area contributed by atoms with Crippen LogP contribution in [0.2, 0.25) is 0 Å². The molecule has 154 valence electrons. The number of hydrogen-bond donors (Lipinski definition) is 0. The summed E-state index contributed by atoms with van der Waals surface area (Å²) in [6, 6.07) is 22.5. The number of hydrogen-bond acceptors (Lipinski definition) is 2. The summed E-state index contributed by atoms with van der Waals surface area (Å²) in [6.45, 7) is 12.9. The van der Waals surface area contributed by atoms with Gasteiger partial charge in [-0.15, -0.1) is 0 Å². The quantitative estimate of drug-likeness (QED) is 0.456. The normalized spacial score (nSPS) is 11.9. The fourth-order valence-electron chi connectivity index (χ4n) is 3.35. The molecule has 0 N–H and O–H groups in total. The van der Waals surface area contributed by atoms with Crippen LogP contribution in [-0.4, -0.2) is 11.6 Å². The van der Waals surface area contributed by atoms with Gasteiger partial charge in [-0.05, 0) is 22.0 Å². The summed E-state index contributed by atoms with van der Waals surface area (Å²) in [7, 11) is 0. The first kappa shape index (κ1) is 21.7. The van der Waals surface area contributed by atoms with Gasteiger partial charge in [0.15, 0.2) is 11.6 Å². The van der Waals surface area contributed by atoms with E-state index < -0.39 is 0 Å². The molecule has 3 rings (SSSR count). The Morgan fingerprint density at radius 1 is 0.433 bits per heavy atom. The maximum Gasteiger partial charge on any atom is 0.193 e. The van der Waals surface area contributed by atoms with Gasteiger partial charge in [0.2, 0.25) is 0 Å². The fraction of sp³-hybridized carbons (Fsp3) is 0.286. The highest BCUT2D eigenvalue weighted by molar-refractivity contribution is 6.11. The van der Waals surface area contributed by atoms with Crippen LogP contribution in [0.5, 0.6) is 0 Å². The van der Waals surface area contributed by atoms with E-state index in [0.717, 1.165) is 0 Å². The van der Waals surface area contributed by atoms with Gasteiger partial charge >= 0.3 is 0 Å². The zero-order chi connectivity index (χ0) is 22.1. The summed E-state index contributed by atoms with van der Waals surface area (Å²) in [5.74, 6) is -0.0759. The van der Waals surface area contributed by atoms with Crippen molar-refractivity contribution in [1.29, 1.82) is 0 Å². The second-order valence-corrected chi connectivity index (χ2v) is 9.89. The molecule has 2 heteroatoms. The molecule has 0 amide bonds. The molecule has 0 spiro atoms. The lowest BCUT2D eigenvalue weighted by Gasteiger charge is -2.19. The third-order valence-corrected chi connectivity index (χ3v) is 5.44. The van der Waals surface area contributed by atoms with Crippen LogP contribution in [0, 0.1) is 0 Å². The first-order chi connectivity index (χ1) is 14.0. The van der Waals surface area contributed by atoms with E-state index in [-0.39, 0.29) is 22.4 Å². The van der Waals surface area contributed by atoms with Crippen LogP contribution in [0.4, 0.5) is 0 Å². The lowest BCUT2D eigenvalue weighted by atomic mass is 9.86. The molecule has 0 atom stereocenters. The van der Waals surface area contributed by atoms with Crippen LogP contribution >= 0.6 is 0 Å². The maximum atomic E-state index is 12.8. The van der Waals surface area contributed by atoms with Crippen molar-refractivity contribution < 1.29 is 9.59 Å². The van der Waals surface area contributed by atoms with Crippen LogP contribution in [-0.2, 0) is 10.8 Å². The van der Waals surface area contributed by atoms with Crippen molar-refractivity contribution in [3.63, 3.8) is 0 Å². The molecule has 0 fully saturated rings. The summed E-state index contributed by atoms with van der Waals surface area (Å²) < 4.78 is 0. The van der Waals surface area contributed by atoms with Gasteiger partial charge in [0, 0.05) is 22.3 Å². The molecule has 0 radical (unpaired) electrons. The predicted octanol–water partition coefficient (Wildman–Crippen LogP) is 6.74. The van der Waals surface area contributed by atoms with Crippen molar-refractivity contribution in [2.24, 2.45) is 0 Å². The van der Waals surface area contributed by atoms with E-state index in [0.29, 0.717) is 22.3 Å². The number of rotatable bonds is 4. The molecule has 0 aliphatic heterocycles. The van der Waals surface area contributed by atoms with Crippen LogP contribution in [0.25, 0.3) is 0 Å². The molecule has 3 aromatic carbocycles. The van der Waals surface area contributed by atoms with E-state index in [1.54, 1.807) is 24.3 Å². The number of ketones is 2. The van der Waals surface area contributed by atoms with E-state index in [1.165, 1.54) is 11.1 Å². The third kappa shape index (κ3) is 4.76. The van der Waals surface area contributed by atoms with Crippen molar-refractivity contribution in [2.75, 3.05) is 0 Å². The molecule has 30 heavy (non-hydrogen) atoms. The Labute approximate surface area is 180 Å². The first-order valence-electron chi connectivity index (χ1n) is 10.4. The van der Waals surface area contributed by atoms with Crippen molar-refractivity contribution >= 4 is 11.6 Å². The van der Waals surface area contributed by atoms with Crippen LogP contribution < -0.4 is 0 Å². The molecule has 2 nitrogen and oxygen atoms in total. The van der Waals surface area contributed by atoms with Crippen LogP contribution in [0.15, 0.2) is 72.8 Å². The molecule has 0 aliphatic carbocycles. The molecule has 0 aliphatic rings. The lowest BCUT2D eigenvalue weighted by molar-refractivity contribution is 0.102. The Bertz CT molecular complexity index is 952. The minimum absolute atomic E-state index is 0.0380. The Kier molecular flexibility index (Phi) is 5.81. The van der Waals surface area contributed by atoms with Crippen molar-refractivity contribution in [3.8, 4) is 0 Å². The largest absolute Gasteiger partial charge is 0.289 e. The predicted molar refractivity (Wildman–Crippen MR) is 124 cm³/mol. The molecule has 0 saturated carbocycles. The van der Waals surface area contributed by atoms with E-state index >= 15 is 0 Å². The molecule has 0 unspecified atom stereocenters. The lowest BCUT2D eigenvalue weighted by Crippen LogP contribution is -2.12. The van der Waals surface area contributed by atoms with E-state index in [4.69, 9.17) is 0 Å². The monoisotopic (exact) mass is 398 g/mol. The average Bonchev–Trinajstić information content (AvgIpc) is 2.72. The second kappa shape index (κ2) is 8.02. The Morgan fingerprint density at radius 2 is 0.633 bits per heavy atom. The molecule has 0 heterocycles. The van der Waals surface area contributed by atoms with E-state index in [9.17, 15) is 9.59 Å². The van der Waals surface area contributed by atoms with Gasteiger partial charge in [0.1, 0.15) is 0 Å². The van der Waals surface area contributed by atoms with Gasteiger partial charge in [0.25, 0.3) is 0 Å². The van der Waals surface area contributed by atoms with Crippen LogP contribution in [0.1, 0.15) is 84.5 Å². The zero-order valence-corrected chi connectivity index (χ0v) is 18.7. The Hall–Kier alpha value is -3.00. The minimum Gasteiger partial charge on any atom is -0.289 e. The van der Waals surface area contributed by atoms with E-state index in [2.05, 4.69) is 41.5 Å². The topological polar surface area (TPSA) is 34.1 Å². The smallest absolute Gasteiger partial charge is 0.193 e. The Balaban J connectivity index is 1.77. The van der Waals surface area contributed by atoms with Gasteiger partial charge in [-0.1, -0.05) is 114 Å². The van der Waals surface area contributed by atoms with Gasteiger partial charge in [-0.3, -0.25) is 9.59 Å². The average molecular weight is 399 g/mol. The van der Waals surface area contributed by atoms with Gasteiger partial charge in [-0.25, -0.2) is 0 Å². The number of carbonyl (C=O) groups is 2. The van der Waals surface area contributed by atoms with E-state index in [1.807, 2.05) is 48.5 Å². The summed E-state index contributed by atoms with van der Waals surface area (Å²) in [6.07, 6.45) is 0. The summed E-state index contributed by atoms with van der Waals surface area (Å²) in [4.78, 5) is 25.6. The summed E-state index contributed by atoms with van der Waals surface area (Å²) in [5.41, 5.74) is 4.95. The SMILES string of the molecule is CC(C)(C)c1ccc(C(=O)c2ccc(C(=O)c3ccc(C(C)(C)C)cc3)cc2)cc1. The summed E-state index contributed by atoms with van der Waals surface area (Å²) in [5, 5.41) is 0. The first-order valence-corrected chi connectivity index (χ1v) is 10.4. The highest BCUT2D eigenvalue weighted by atomic mass is 16.1. The minimum atomic E-state index is -0.0380.